The zero-order chi connectivity index (χ0) is 26.2. The van der Waals surface area contributed by atoms with Crippen LogP contribution in [-0.4, -0.2) is 24.7 Å². The second kappa shape index (κ2) is 12.2. The van der Waals surface area contributed by atoms with Crippen LogP contribution in [0.5, 0.6) is 11.5 Å². The maximum atomic E-state index is 12.6. The van der Waals surface area contributed by atoms with Crippen molar-refractivity contribution in [3.8, 4) is 17.6 Å². The second-order valence-electron chi connectivity index (χ2n) is 8.50. The number of nitrogens with zero attached hydrogens (tertiary/aromatic N) is 1. The normalized spacial score (nSPS) is 14.9. The van der Waals surface area contributed by atoms with E-state index in [1.54, 1.807) is 19.2 Å². The molecule has 1 heterocycles. The SMILES string of the molecule is COc1cc([C@@H]2CC(=O)NC(SCC(=O)Nc3ccccc3C)=C2C#N)ccc1OCc1ccccc1. The van der Waals surface area contributed by atoms with E-state index >= 15 is 0 Å². The Morgan fingerprint density at radius 3 is 2.59 bits per heavy atom. The highest BCUT2D eigenvalue weighted by Gasteiger charge is 2.30. The van der Waals surface area contributed by atoms with E-state index in [9.17, 15) is 14.9 Å². The lowest BCUT2D eigenvalue weighted by Gasteiger charge is -2.25. The molecule has 1 aliphatic rings. The number of hydrogen-bond donors (Lipinski definition) is 2. The van der Waals surface area contributed by atoms with Crippen molar-refractivity contribution in [2.45, 2.75) is 25.9 Å². The Morgan fingerprint density at radius 2 is 1.86 bits per heavy atom. The van der Waals surface area contributed by atoms with E-state index in [0.717, 1.165) is 34.1 Å². The number of nitriles is 1. The minimum absolute atomic E-state index is 0.0530. The smallest absolute Gasteiger partial charge is 0.234 e. The highest BCUT2D eigenvalue weighted by atomic mass is 32.2. The molecule has 0 aromatic heterocycles. The van der Waals surface area contributed by atoms with Crippen LogP contribution < -0.4 is 20.1 Å². The quantitative estimate of drug-likeness (QED) is 0.403. The summed E-state index contributed by atoms with van der Waals surface area (Å²) in [6.07, 6.45) is 0.121. The van der Waals surface area contributed by atoms with Crippen molar-refractivity contribution >= 4 is 29.3 Å². The average molecular weight is 514 g/mol. The Bertz CT molecular complexity index is 1370. The number of ether oxygens (including phenoxy) is 2. The Morgan fingerprint density at radius 1 is 1.11 bits per heavy atom. The fourth-order valence-corrected chi connectivity index (χ4v) is 4.89. The Balaban J connectivity index is 1.50. The molecule has 0 aliphatic carbocycles. The number of aryl methyl sites for hydroxylation is 1. The minimum atomic E-state index is -0.460. The lowest BCUT2D eigenvalue weighted by Crippen LogP contribution is -2.31. The van der Waals surface area contributed by atoms with Crippen LogP contribution in [0.3, 0.4) is 0 Å². The average Bonchev–Trinajstić information content (AvgIpc) is 2.92. The summed E-state index contributed by atoms with van der Waals surface area (Å²) in [4.78, 5) is 25.1. The third kappa shape index (κ3) is 6.51. The molecule has 0 radical (unpaired) electrons. The number of anilines is 1. The molecular weight excluding hydrogens is 486 g/mol. The van der Waals surface area contributed by atoms with Crippen LogP contribution in [0.15, 0.2) is 83.4 Å². The molecule has 0 saturated heterocycles. The fraction of sp³-hybridized carbons (Fsp3) is 0.207. The van der Waals surface area contributed by atoms with Crippen LogP contribution >= 0.6 is 11.8 Å². The molecule has 188 valence electrons. The van der Waals surface area contributed by atoms with E-state index in [1.165, 1.54) is 0 Å². The Hall–Kier alpha value is -4.22. The van der Waals surface area contributed by atoms with Gasteiger partial charge in [0.1, 0.15) is 6.61 Å². The maximum Gasteiger partial charge on any atom is 0.234 e. The molecule has 4 rings (SSSR count). The van der Waals surface area contributed by atoms with Crippen molar-refractivity contribution < 1.29 is 19.1 Å². The summed E-state index contributed by atoms with van der Waals surface area (Å²) in [5.41, 5.74) is 3.88. The van der Waals surface area contributed by atoms with E-state index in [4.69, 9.17) is 9.47 Å². The van der Waals surface area contributed by atoms with Gasteiger partial charge < -0.3 is 20.1 Å². The van der Waals surface area contributed by atoms with Gasteiger partial charge in [0.15, 0.2) is 11.5 Å². The van der Waals surface area contributed by atoms with Crippen LogP contribution in [-0.2, 0) is 16.2 Å². The first-order valence-corrected chi connectivity index (χ1v) is 12.7. The zero-order valence-corrected chi connectivity index (χ0v) is 21.4. The van der Waals surface area contributed by atoms with Gasteiger partial charge in [0.2, 0.25) is 11.8 Å². The fourth-order valence-electron chi connectivity index (χ4n) is 4.01. The minimum Gasteiger partial charge on any atom is -0.493 e. The van der Waals surface area contributed by atoms with E-state index in [-0.39, 0.29) is 24.0 Å². The number of benzene rings is 3. The number of methoxy groups -OCH3 is 1. The monoisotopic (exact) mass is 513 g/mol. The lowest BCUT2D eigenvalue weighted by molar-refractivity contribution is -0.121. The first-order chi connectivity index (χ1) is 18.0. The van der Waals surface area contributed by atoms with Crippen molar-refractivity contribution in [2.24, 2.45) is 0 Å². The van der Waals surface area contributed by atoms with Crippen molar-refractivity contribution in [1.29, 1.82) is 5.26 Å². The summed E-state index contributed by atoms with van der Waals surface area (Å²) in [5, 5.41) is 16.0. The number of carbonyl (C=O) groups excluding carboxylic acids is 2. The molecule has 3 aromatic carbocycles. The predicted octanol–water partition coefficient (Wildman–Crippen LogP) is 5.29. The van der Waals surface area contributed by atoms with Gasteiger partial charge in [-0.3, -0.25) is 9.59 Å². The van der Waals surface area contributed by atoms with Crippen molar-refractivity contribution in [3.05, 3.63) is 100 Å². The molecule has 37 heavy (non-hydrogen) atoms. The third-order valence-electron chi connectivity index (χ3n) is 5.95. The second-order valence-corrected chi connectivity index (χ2v) is 9.48. The molecular formula is C29H27N3O4S. The van der Waals surface area contributed by atoms with E-state index in [1.807, 2.05) is 67.6 Å². The van der Waals surface area contributed by atoms with Crippen molar-refractivity contribution in [3.63, 3.8) is 0 Å². The summed E-state index contributed by atoms with van der Waals surface area (Å²) < 4.78 is 11.5. The molecule has 1 aliphatic heterocycles. The van der Waals surface area contributed by atoms with Gasteiger partial charge in [0, 0.05) is 18.0 Å². The number of para-hydroxylation sites is 1. The van der Waals surface area contributed by atoms with Gasteiger partial charge in [-0.25, -0.2) is 0 Å². The van der Waals surface area contributed by atoms with Crippen LogP contribution in [0.1, 0.15) is 29.0 Å². The van der Waals surface area contributed by atoms with Crippen molar-refractivity contribution in [1.82, 2.24) is 5.32 Å². The summed E-state index contributed by atoms with van der Waals surface area (Å²) in [6, 6.07) is 25.0. The summed E-state index contributed by atoms with van der Waals surface area (Å²) in [7, 11) is 1.55. The Kier molecular flexibility index (Phi) is 8.49. The van der Waals surface area contributed by atoms with E-state index in [2.05, 4.69) is 16.7 Å². The largest absolute Gasteiger partial charge is 0.493 e. The molecule has 0 saturated carbocycles. The van der Waals surface area contributed by atoms with Gasteiger partial charge in [-0.15, -0.1) is 0 Å². The summed E-state index contributed by atoms with van der Waals surface area (Å²) in [6.45, 7) is 2.30. The van der Waals surface area contributed by atoms with Crippen LogP contribution in [0.25, 0.3) is 0 Å². The molecule has 0 unspecified atom stereocenters. The molecule has 7 nitrogen and oxygen atoms in total. The zero-order valence-electron chi connectivity index (χ0n) is 20.6. The number of amides is 2. The highest BCUT2D eigenvalue weighted by Crippen LogP contribution is 2.39. The van der Waals surface area contributed by atoms with Gasteiger partial charge in [-0.2, -0.15) is 5.26 Å². The van der Waals surface area contributed by atoms with Crippen LogP contribution in [0.2, 0.25) is 0 Å². The van der Waals surface area contributed by atoms with Crippen LogP contribution in [0.4, 0.5) is 5.69 Å². The number of allylic oxidation sites excluding steroid dienone is 1. The van der Waals surface area contributed by atoms with Crippen molar-refractivity contribution in [2.75, 3.05) is 18.2 Å². The van der Waals surface area contributed by atoms with E-state index in [0.29, 0.717) is 28.7 Å². The van der Waals surface area contributed by atoms with Gasteiger partial charge in [-0.1, -0.05) is 66.4 Å². The first-order valence-electron chi connectivity index (χ1n) is 11.8. The molecule has 2 amide bonds. The molecule has 0 spiro atoms. The lowest BCUT2D eigenvalue weighted by atomic mass is 9.87. The number of hydrogen-bond acceptors (Lipinski definition) is 6. The van der Waals surface area contributed by atoms with Gasteiger partial charge in [0.25, 0.3) is 0 Å². The molecule has 0 fully saturated rings. The number of carbonyl (C=O) groups is 2. The van der Waals surface area contributed by atoms with Gasteiger partial charge in [0.05, 0.1) is 29.5 Å². The molecule has 0 bridgehead atoms. The molecule has 3 aromatic rings. The Labute approximate surface area is 220 Å². The topological polar surface area (TPSA) is 100 Å². The number of rotatable bonds is 9. The molecule has 8 heteroatoms. The summed E-state index contributed by atoms with van der Waals surface area (Å²) >= 11 is 1.14. The van der Waals surface area contributed by atoms with E-state index < -0.39 is 5.92 Å². The molecule has 1 atom stereocenters. The predicted molar refractivity (Wildman–Crippen MR) is 144 cm³/mol. The first kappa shape index (κ1) is 25.9. The standard InChI is InChI=1S/C29H27N3O4S/c1-19-8-6-7-11-24(19)31-28(34)18-37-29-23(16-30)22(15-27(33)32-29)21-12-13-25(26(14-21)35-2)36-17-20-9-4-3-5-10-20/h3-14,22H,15,17-18H2,1-2H3,(H,31,34)(H,32,33)/t22-/m0/s1. The summed E-state index contributed by atoms with van der Waals surface area (Å²) in [5.74, 6) is 0.245. The van der Waals surface area contributed by atoms with Gasteiger partial charge >= 0.3 is 0 Å². The van der Waals surface area contributed by atoms with Gasteiger partial charge in [-0.05, 0) is 41.8 Å². The van der Waals surface area contributed by atoms with Crippen LogP contribution in [0, 0.1) is 18.3 Å². The molecule has 2 N–H and O–H groups in total. The number of thioether (sulfide) groups is 1. The number of nitrogens with one attached hydrogen (secondary N) is 2. The maximum absolute atomic E-state index is 12.6. The highest BCUT2D eigenvalue weighted by molar-refractivity contribution is 8.03. The third-order valence-corrected chi connectivity index (χ3v) is 6.97.